The van der Waals surface area contributed by atoms with Gasteiger partial charge >= 0.3 is 7.12 Å². The molecule has 70 valence electrons. The molecular weight excluding hydrogens is 233 g/mol. The zero-order valence-corrected chi connectivity index (χ0v) is 9.12. The van der Waals surface area contributed by atoms with E-state index in [9.17, 15) is 0 Å². The van der Waals surface area contributed by atoms with Crippen molar-refractivity contribution >= 4 is 34.2 Å². The highest BCUT2D eigenvalue weighted by Crippen LogP contribution is 2.14. The van der Waals surface area contributed by atoms with Crippen molar-refractivity contribution < 1.29 is 10.0 Å². The van der Waals surface area contributed by atoms with Gasteiger partial charge < -0.3 is 14.9 Å². The Labute approximate surface area is 86.3 Å². The van der Waals surface area contributed by atoms with Crippen LogP contribution in [0.3, 0.4) is 0 Å². The molecule has 0 aliphatic carbocycles. The van der Waals surface area contributed by atoms with E-state index in [-0.39, 0.29) is 0 Å². The zero-order valence-electron chi connectivity index (χ0n) is 7.53. The van der Waals surface area contributed by atoms with Crippen molar-refractivity contribution in [1.82, 2.24) is 0 Å². The molecule has 0 amide bonds. The van der Waals surface area contributed by atoms with E-state index in [0.29, 0.717) is 9.94 Å². The Hall–Kier alpha value is -0.515. The molecule has 0 fully saturated rings. The van der Waals surface area contributed by atoms with Crippen LogP contribution < -0.4 is 10.4 Å². The minimum absolute atomic E-state index is 0.478. The third-order valence-corrected chi connectivity index (χ3v) is 2.50. The Kier molecular flexibility index (Phi) is 3.36. The Morgan fingerprint density at radius 2 is 1.92 bits per heavy atom. The minimum Gasteiger partial charge on any atom is -0.423 e. The third kappa shape index (κ3) is 2.46. The topological polar surface area (TPSA) is 43.7 Å². The molecule has 1 rings (SSSR count). The van der Waals surface area contributed by atoms with Gasteiger partial charge in [-0.3, -0.25) is 0 Å². The fraction of sp³-hybridized carbons (Fsp3) is 0.250. The van der Waals surface area contributed by atoms with Crippen LogP contribution in [0.4, 0.5) is 5.69 Å². The molecule has 5 heteroatoms. The molecule has 0 unspecified atom stereocenters. The van der Waals surface area contributed by atoms with Crippen molar-refractivity contribution in [3.63, 3.8) is 0 Å². The van der Waals surface area contributed by atoms with Crippen molar-refractivity contribution in [1.29, 1.82) is 0 Å². The quantitative estimate of drug-likeness (QED) is 0.730. The van der Waals surface area contributed by atoms with Crippen molar-refractivity contribution in [2.45, 2.75) is 0 Å². The molecule has 0 radical (unpaired) electrons. The van der Waals surface area contributed by atoms with Gasteiger partial charge in [-0.25, -0.2) is 0 Å². The molecule has 1 aromatic carbocycles. The van der Waals surface area contributed by atoms with Crippen molar-refractivity contribution in [3.05, 3.63) is 22.7 Å². The van der Waals surface area contributed by atoms with Crippen LogP contribution in [0.1, 0.15) is 0 Å². The maximum absolute atomic E-state index is 9.02. The molecule has 0 spiro atoms. The van der Waals surface area contributed by atoms with Gasteiger partial charge in [-0.1, -0.05) is 15.9 Å². The number of hydrogen-bond donors (Lipinski definition) is 2. The van der Waals surface area contributed by atoms with E-state index in [1.54, 1.807) is 12.1 Å². The molecule has 0 saturated heterocycles. The first-order chi connectivity index (χ1) is 6.02. The van der Waals surface area contributed by atoms with E-state index in [1.807, 2.05) is 25.1 Å². The van der Waals surface area contributed by atoms with Gasteiger partial charge in [0.05, 0.1) is 0 Å². The Balaban J connectivity index is 3.11. The van der Waals surface area contributed by atoms with Crippen LogP contribution >= 0.6 is 15.9 Å². The van der Waals surface area contributed by atoms with Crippen LogP contribution in [-0.4, -0.2) is 31.3 Å². The zero-order chi connectivity index (χ0) is 10.0. The van der Waals surface area contributed by atoms with Crippen LogP contribution in [0.25, 0.3) is 0 Å². The highest BCUT2D eigenvalue weighted by Gasteiger charge is 2.15. The van der Waals surface area contributed by atoms with Gasteiger partial charge in [0.15, 0.2) is 0 Å². The fourth-order valence-corrected chi connectivity index (χ4v) is 1.46. The minimum atomic E-state index is -1.44. The second-order valence-corrected chi connectivity index (χ2v) is 3.83. The summed E-state index contributed by atoms with van der Waals surface area (Å²) in [5.41, 5.74) is 1.41. The predicted molar refractivity (Wildman–Crippen MR) is 58.3 cm³/mol. The molecule has 0 aliphatic rings. The highest BCUT2D eigenvalue weighted by atomic mass is 79.9. The highest BCUT2D eigenvalue weighted by molar-refractivity contribution is 9.10. The SMILES string of the molecule is CN(C)c1ccc(Br)c(B(O)O)c1. The molecule has 1 aromatic rings. The normalized spacial score (nSPS) is 9.92. The summed E-state index contributed by atoms with van der Waals surface area (Å²) in [5, 5.41) is 18.0. The summed E-state index contributed by atoms with van der Waals surface area (Å²) < 4.78 is 0.702. The van der Waals surface area contributed by atoms with Gasteiger partial charge in [-0.2, -0.15) is 0 Å². The number of nitrogens with zero attached hydrogens (tertiary/aromatic N) is 1. The standard InChI is InChI=1S/C8H11BBrNO2/c1-11(2)6-3-4-8(10)7(5-6)9(12)13/h3-5,12-13H,1-2H3. The number of anilines is 1. The van der Waals surface area contributed by atoms with Crippen molar-refractivity contribution in [2.24, 2.45) is 0 Å². The first-order valence-electron chi connectivity index (χ1n) is 3.85. The Bertz CT molecular complexity index is 304. The van der Waals surface area contributed by atoms with E-state index < -0.39 is 7.12 Å². The molecule has 0 atom stereocenters. The third-order valence-electron chi connectivity index (χ3n) is 1.77. The van der Waals surface area contributed by atoms with E-state index >= 15 is 0 Å². The molecule has 0 aromatic heterocycles. The Morgan fingerprint density at radius 1 is 1.31 bits per heavy atom. The monoisotopic (exact) mass is 243 g/mol. The predicted octanol–water partition coefficient (Wildman–Crippen LogP) is 0.195. The van der Waals surface area contributed by atoms with E-state index in [1.165, 1.54) is 0 Å². The van der Waals surface area contributed by atoms with Gasteiger partial charge in [0.25, 0.3) is 0 Å². The average Bonchev–Trinajstić information content (AvgIpc) is 2.04. The summed E-state index contributed by atoms with van der Waals surface area (Å²) in [6.07, 6.45) is 0. The maximum Gasteiger partial charge on any atom is 0.489 e. The van der Waals surface area contributed by atoms with Crippen molar-refractivity contribution in [2.75, 3.05) is 19.0 Å². The molecule has 0 saturated carbocycles. The lowest BCUT2D eigenvalue weighted by atomic mass is 9.80. The first kappa shape index (κ1) is 10.6. The summed E-state index contributed by atoms with van der Waals surface area (Å²) in [4.78, 5) is 1.90. The van der Waals surface area contributed by atoms with Gasteiger partial charge in [-0.15, -0.1) is 0 Å². The molecule has 3 nitrogen and oxygen atoms in total. The van der Waals surface area contributed by atoms with Crippen LogP contribution in [0.5, 0.6) is 0 Å². The number of benzene rings is 1. The van der Waals surface area contributed by atoms with E-state index in [4.69, 9.17) is 10.0 Å². The second-order valence-electron chi connectivity index (χ2n) is 2.97. The summed E-state index contributed by atoms with van der Waals surface area (Å²) in [6, 6.07) is 5.43. The average molecular weight is 244 g/mol. The van der Waals surface area contributed by atoms with Crippen LogP contribution in [0.15, 0.2) is 22.7 Å². The summed E-state index contributed by atoms with van der Waals surface area (Å²) in [6.45, 7) is 0. The lowest BCUT2D eigenvalue weighted by molar-refractivity contribution is 0.425. The lowest BCUT2D eigenvalue weighted by Crippen LogP contribution is -2.31. The van der Waals surface area contributed by atoms with E-state index in [0.717, 1.165) is 5.69 Å². The Morgan fingerprint density at radius 3 is 2.38 bits per heavy atom. The van der Waals surface area contributed by atoms with Crippen LogP contribution in [0, 0.1) is 0 Å². The first-order valence-corrected chi connectivity index (χ1v) is 4.64. The summed E-state index contributed by atoms with van der Waals surface area (Å²) in [7, 11) is 2.36. The number of rotatable bonds is 2. The van der Waals surface area contributed by atoms with Gasteiger partial charge in [-0.05, 0) is 23.7 Å². The molecule has 0 aliphatic heterocycles. The maximum atomic E-state index is 9.02. The summed E-state index contributed by atoms with van der Waals surface area (Å²) >= 11 is 3.24. The lowest BCUT2D eigenvalue weighted by Gasteiger charge is -2.14. The molecular formula is C8H11BBrNO2. The fourth-order valence-electron chi connectivity index (χ4n) is 1.01. The molecule has 0 bridgehead atoms. The van der Waals surface area contributed by atoms with Gasteiger partial charge in [0.2, 0.25) is 0 Å². The van der Waals surface area contributed by atoms with Crippen LogP contribution in [-0.2, 0) is 0 Å². The van der Waals surface area contributed by atoms with Gasteiger partial charge in [0, 0.05) is 24.3 Å². The smallest absolute Gasteiger partial charge is 0.423 e. The van der Waals surface area contributed by atoms with Crippen LogP contribution in [0.2, 0.25) is 0 Å². The van der Waals surface area contributed by atoms with Gasteiger partial charge in [0.1, 0.15) is 0 Å². The molecule has 0 heterocycles. The molecule has 13 heavy (non-hydrogen) atoms. The number of halogens is 1. The summed E-state index contributed by atoms with van der Waals surface area (Å²) in [5.74, 6) is 0. The second kappa shape index (κ2) is 4.13. The van der Waals surface area contributed by atoms with Crippen molar-refractivity contribution in [3.8, 4) is 0 Å². The van der Waals surface area contributed by atoms with E-state index in [2.05, 4.69) is 15.9 Å². The molecule has 2 N–H and O–H groups in total. The number of hydrogen-bond acceptors (Lipinski definition) is 3. The largest absolute Gasteiger partial charge is 0.489 e.